The monoisotopic (exact) mass is 509 g/mol. The lowest BCUT2D eigenvalue weighted by Gasteiger charge is -2.24. The number of unbranched alkanes of at least 4 members (excludes halogenated alkanes) is 1. The zero-order valence-corrected chi connectivity index (χ0v) is 21.2. The minimum Gasteiger partial charge on any atom is -0.480 e. The highest BCUT2D eigenvalue weighted by molar-refractivity contribution is 5.87. The molecule has 0 saturated carbocycles. The van der Waals surface area contributed by atoms with Gasteiger partial charge in [0.1, 0.15) is 29.2 Å². The SMILES string of the molecule is CC(=O)NCCN(CCCCc1ccc2c(n1)NCCC2)CCC(Nc1ncnc2cn[nH]c12)C(=O)O. The second-order valence-corrected chi connectivity index (χ2v) is 9.30. The molecule has 3 aromatic heterocycles. The number of nitrogens with zero attached hydrogens (tertiary/aromatic N) is 5. The number of amides is 1. The maximum Gasteiger partial charge on any atom is 0.326 e. The molecule has 1 amide bonds. The van der Waals surface area contributed by atoms with Crippen LogP contribution in [-0.4, -0.2) is 85.8 Å². The van der Waals surface area contributed by atoms with E-state index in [0.717, 1.165) is 56.7 Å². The van der Waals surface area contributed by atoms with Gasteiger partial charge in [-0.05, 0) is 56.7 Å². The molecule has 0 saturated heterocycles. The van der Waals surface area contributed by atoms with Gasteiger partial charge in [-0.25, -0.2) is 19.7 Å². The van der Waals surface area contributed by atoms with Crippen LogP contribution in [0.3, 0.4) is 0 Å². The van der Waals surface area contributed by atoms with Crippen LogP contribution < -0.4 is 16.0 Å². The van der Waals surface area contributed by atoms with Crippen molar-refractivity contribution in [1.82, 2.24) is 35.4 Å². The first kappa shape index (κ1) is 26.3. The quantitative estimate of drug-likeness (QED) is 0.203. The van der Waals surface area contributed by atoms with E-state index < -0.39 is 12.0 Å². The molecule has 1 unspecified atom stereocenters. The number of pyridine rings is 1. The molecule has 0 aliphatic carbocycles. The Morgan fingerprint density at radius 3 is 2.92 bits per heavy atom. The fourth-order valence-electron chi connectivity index (χ4n) is 4.48. The number of carbonyl (C=O) groups is 2. The summed E-state index contributed by atoms with van der Waals surface area (Å²) in [5.41, 5.74) is 3.56. The van der Waals surface area contributed by atoms with Crippen LogP contribution in [0.1, 0.15) is 43.9 Å². The Labute approximate surface area is 215 Å². The fraction of sp³-hybridized carbons (Fsp3) is 0.520. The molecular weight excluding hydrogens is 474 g/mol. The Morgan fingerprint density at radius 1 is 1.19 bits per heavy atom. The van der Waals surface area contributed by atoms with Gasteiger partial charge in [0.05, 0.1) is 6.20 Å². The predicted molar refractivity (Wildman–Crippen MR) is 140 cm³/mol. The molecular formula is C25H35N9O3. The van der Waals surface area contributed by atoms with Gasteiger partial charge in [-0.1, -0.05) is 6.07 Å². The smallest absolute Gasteiger partial charge is 0.326 e. The van der Waals surface area contributed by atoms with Crippen molar-refractivity contribution in [3.63, 3.8) is 0 Å². The van der Waals surface area contributed by atoms with Crippen molar-refractivity contribution < 1.29 is 14.7 Å². The van der Waals surface area contributed by atoms with Crippen molar-refractivity contribution >= 4 is 34.5 Å². The molecule has 5 N–H and O–H groups in total. The fourth-order valence-corrected chi connectivity index (χ4v) is 4.48. The number of H-pyrrole nitrogens is 1. The first-order valence-corrected chi connectivity index (χ1v) is 12.8. The maximum atomic E-state index is 12.0. The largest absolute Gasteiger partial charge is 0.480 e. The molecule has 3 aromatic rings. The molecule has 12 heteroatoms. The zero-order chi connectivity index (χ0) is 26.0. The summed E-state index contributed by atoms with van der Waals surface area (Å²) in [4.78, 5) is 38.6. The standard InChI is InChI=1S/C25H35N9O3/c1-17(35)26-11-14-34(12-3-2-6-19-8-7-18-5-4-10-27-23(18)31-19)13-9-20(25(36)37)32-24-22-21(15-30-33-22)28-16-29-24/h7-8,15-16,20H,2-6,9-14H2,1H3,(H,26,35)(H,27,31)(H,30,33)(H,36,37)(H,28,29,32). The van der Waals surface area contributed by atoms with Crippen molar-refractivity contribution in [2.75, 3.05) is 43.4 Å². The number of aromatic nitrogens is 5. The topological polar surface area (TPSA) is 161 Å². The highest BCUT2D eigenvalue weighted by atomic mass is 16.4. The number of rotatable bonds is 14. The number of aliphatic carboxylic acids is 1. The van der Waals surface area contributed by atoms with Crippen LogP contribution in [0.2, 0.25) is 0 Å². The van der Waals surface area contributed by atoms with Crippen LogP contribution >= 0.6 is 0 Å². The number of fused-ring (bicyclic) bond motifs is 2. The lowest BCUT2D eigenvalue weighted by molar-refractivity contribution is -0.138. The second kappa shape index (κ2) is 12.9. The lowest BCUT2D eigenvalue weighted by atomic mass is 10.1. The number of carbonyl (C=O) groups excluding carboxylic acids is 1. The molecule has 0 bridgehead atoms. The third-order valence-corrected chi connectivity index (χ3v) is 6.49. The summed E-state index contributed by atoms with van der Waals surface area (Å²) >= 11 is 0. The van der Waals surface area contributed by atoms with Gasteiger partial charge >= 0.3 is 5.97 Å². The molecule has 4 rings (SSSR count). The number of aromatic amines is 1. The number of anilines is 2. The van der Waals surface area contributed by atoms with Crippen LogP contribution in [0.5, 0.6) is 0 Å². The van der Waals surface area contributed by atoms with Crippen LogP contribution in [0.4, 0.5) is 11.6 Å². The first-order chi connectivity index (χ1) is 18.0. The van der Waals surface area contributed by atoms with Gasteiger partial charge in [0, 0.05) is 38.8 Å². The third-order valence-electron chi connectivity index (χ3n) is 6.49. The Kier molecular flexibility index (Phi) is 9.19. The summed E-state index contributed by atoms with van der Waals surface area (Å²) in [6.45, 7) is 4.98. The van der Waals surface area contributed by atoms with Crippen molar-refractivity contribution in [1.29, 1.82) is 0 Å². The van der Waals surface area contributed by atoms with E-state index in [-0.39, 0.29) is 5.91 Å². The predicted octanol–water partition coefficient (Wildman–Crippen LogP) is 1.82. The summed E-state index contributed by atoms with van der Waals surface area (Å²) in [7, 11) is 0. The van der Waals surface area contributed by atoms with E-state index in [9.17, 15) is 14.7 Å². The van der Waals surface area contributed by atoms with E-state index in [1.807, 2.05) is 0 Å². The summed E-state index contributed by atoms with van der Waals surface area (Å²) < 4.78 is 0. The Balaban J connectivity index is 1.30. The molecule has 198 valence electrons. The van der Waals surface area contributed by atoms with E-state index in [4.69, 9.17) is 4.98 Å². The molecule has 0 fully saturated rings. The zero-order valence-electron chi connectivity index (χ0n) is 21.2. The maximum absolute atomic E-state index is 12.0. The Hall–Kier alpha value is -3.80. The first-order valence-electron chi connectivity index (χ1n) is 12.8. The van der Waals surface area contributed by atoms with Crippen LogP contribution in [-0.2, 0) is 22.4 Å². The number of hydrogen-bond donors (Lipinski definition) is 5. The average molecular weight is 510 g/mol. The molecule has 12 nitrogen and oxygen atoms in total. The van der Waals surface area contributed by atoms with Gasteiger partial charge in [-0.2, -0.15) is 5.10 Å². The molecule has 1 aliphatic rings. The van der Waals surface area contributed by atoms with Crippen molar-refractivity contribution in [2.24, 2.45) is 0 Å². The van der Waals surface area contributed by atoms with Gasteiger partial charge in [0.25, 0.3) is 0 Å². The van der Waals surface area contributed by atoms with E-state index in [1.165, 1.54) is 18.8 Å². The Morgan fingerprint density at radius 2 is 2.08 bits per heavy atom. The highest BCUT2D eigenvalue weighted by Crippen LogP contribution is 2.20. The molecule has 4 heterocycles. The van der Waals surface area contributed by atoms with Gasteiger partial charge in [0.15, 0.2) is 5.82 Å². The van der Waals surface area contributed by atoms with E-state index in [0.29, 0.717) is 42.9 Å². The number of nitrogens with one attached hydrogen (secondary N) is 4. The van der Waals surface area contributed by atoms with E-state index >= 15 is 0 Å². The number of carboxylic acid groups (broad SMARTS) is 1. The van der Waals surface area contributed by atoms with Crippen molar-refractivity contribution in [2.45, 2.75) is 51.5 Å². The molecule has 0 aromatic carbocycles. The van der Waals surface area contributed by atoms with Crippen molar-refractivity contribution in [3.8, 4) is 0 Å². The second-order valence-electron chi connectivity index (χ2n) is 9.30. The minimum atomic E-state index is -0.958. The summed E-state index contributed by atoms with van der Waals surface area (Å²) in [5, 5.41) is 25.8. The van der Waals surface area contributed by atoms with Gasteiger partial charge in [-0.3, -0.25) is 9.89 Å². The average Bonchev–Trinajstić information content (AvgIpc) is 3.38. The number of carboxylic acids is 1. The lowest BCUT2D eigenvalue weighted by Crippen LogP contribution is -2.39. The number of hydrogen-bond acceptors (Lipinski definition) is 9. The van der Waals surface area contributed by atoms with E-state index in [2.05, 4.69) is 53.1 Å². The Bertz CT molecular complexity index is 1200. The molecule has 1 aliphatic heterocycles. The van der Waals surface area contributed by atoms with Gasteiger partial charge < -0.3 is 26.0 Å². The van der Waals surface area contributed by atoms with Crippen LogP contribution in [0.15, 0.2) is 24.7 Å². The normalized spacial score (nSPS) is 13.7. The molecule has 1 atom stereocenters. The van der Waals surface area contributed by atoms with Gasteiger partial charge in [-0.15, -0.1) is 0 Å². The minimum absolute atomic E-state index is 0.0792. The van der Waals surface area contributed by atoms with Gasteiger partial charge in [0.2, 0.25) is 5.91 Å². The van der Waals surface area contributed by atoms with Crippen LogP contribution in [0, 0.1) is 0 Å². The summed E-state index contributed by atoms with van der Waals surface area (Å²) in [6.07, 6.45) is 8.35. The molecule has 0 radical (unpaired) electrons. The number of aryl methyl sites for hydroxylation is 2. The third kappa shape index (κ3) is 7.59. The highest BCUT2D eigenvalue weighted by Gasteiger charge is 2.21. The molecule has 37 heavy (non-hydrogen) atoms. The molecule has 0 spiro atoms. The summed E-state index contributed by atoms with van der Waals surface area (Å²) in [5.74, 6) is 0.389. The van der Waals surface area contributed by atoms with Crippen molar-refractivity contribution in [3.05, 3.63) is 35.9 Å². The van der Waals surface area contributed by atoms with Crippen LogP contribution in [0.25, 0.3) is 11.0 Å². The van der Waals surface area contributed by atoms with E-state index in [1.54, 1.807) is 6.20 Å². The summed E-state index contributed by atoms with van der Waals surface area (Å²) in [6, 6.07) is 3.46.